The van der Waals surface area contributed by atoms with Gasteiger partial charge < -0.3 is 0 Å². The largest absolute Gasteiger partial charge is 0.264 e. The van der Waals surface area contributed by atoms with Crippen LogP contribution in [-0.4, -0.2) is 11.0 Å². The molecule has 3 nitrogen and oxygen atoms in total. The van der Waals surface area contributed by atoms with Gasteiger partial charge in [0.05, 0.1) is 0 Å². The Hall–Kier alpha value is -0.860. The van der Waals surface area contributed by atoms with Crippen LogP contribution in [-0.2, 0) is 0 Å². The van der Waals surface area contributed by atoms with Crippen LogP contribution in [0.5, 0.6) is 0 Å². The molecule has 1 unspecified atom stereocenters. The first-order valence-electron chi connectivity index (χ1n) is 4.53. The highest BCUT2D eigenvalue weighted by Crippen LogP contribution is 2.23. The van der Waals surface area contributed by atoms with Crippen molar-refractivity contribution in [1.29, 1.82) is 0 Å². The van der Waals surface area contributed by atoms with E-state index < -0.39 is 6.04 Å². The first-order chi connectivity index (χ1) is 5.70. The number of hydrogen-bond donors (Lipinski definition) is 0. The van der Waals surface area contributed by atoms with Crippen molar-refractivity contribution in [2.75, 3.05) is 0 Å². The summed E-state index contributed by atoms with van der Waals surface area (Å²) in [6.07, 6.45) is 7.65. The molecule has 3 heteroatoms. The van der Waals surface area contributed by atoms with E-state index in [-0.39, 0.29) is 4.92 Å². The highest BCUT2D eigenvalue weighted by molar-refractivity contribution is 5.06. The van der Waals surface area contributed by atoms with E-state index in [1.165, 1.54) is 24.8 Å². The van der Waals surface area contributed by atoms with Crippen LogP contribution in [0.2, 0.25) is 0 Å². The maximum atomic E-state index is 10.3. The van der Waals surface area contributed by atoms with Gasteiger partial charge in [-0.1, -0.05) is 12.0 Å². The molecule has 0 heterocycles. The van der Waals surface area contributed by atoms with E-state index in [1.54, 1.807) is 6.92 Å². The summed E-state index contributed by atoms with van der Waals surface area (Å²) in [4.78, 5) is 10.1. The van der Waals surface area contributed by atoms with E-state index in [9.17, 15) is 10.1 Å². The predicted molar refractivity (Wildman–Crippen MR) is 47.6 cm³/mol. The lowest BCUT2D eigenvalue weighted by molar-refractivity contribution is -0.505. The fraction of sp³-hybridized carbons (Fsp3) is 0.778. The van der Waals surface area contributed by atoms with Crippen LogP contribution in [0.3, 0.4) is 0 Å². The minimum Gasteiger partial charge on any atom is -0.264 e. The normalized spacial score (nSPS) is 20.2. The number of nitro groups is 1. The maximum absolute atomic E-state index is 10.3. The molecule has 1 atom stereocenters. The highest BCUT2D eigenvalue weighted by atomic mass is 16.6. The molecule has 0 amide bonds. The summed E-state index contributed by atoms with van der Waals surface area (Å²) < 4.78 is 0. The first kappa shape index (κ1) is 9.23. The zero-order chi connectivity index (χ0) is 8.97. The molecule has 0 aromatic rings. The minimum absolute atomic E-state index is 0.235. The molecule has 0 radical (unpaired) electrons. The fourth-order valence-corrected chi connectivity index (χ4v) is 1.57. The van der Waals surface area contributed by atoms with Crippen molar-refractivity contribution in [3.8, 4) is 0 Å². The minimum atomic E-state index is -0.502. The SMILES string of the molecule is CC(C=C1CCCCC1)[N+](=O)[O-]. The third kappa shape index (κ3) is 2.64. The van der Waals surface area contributed by atoms with Gasteiger partial charge in [-0.05, 0) is 31.8 Å². The summed E-state index contributed by atoms with van der Waals surface area (Å²) in [5, 5.41) is 10.3. The van der Waals surface area contributed by atoms with Gasteiger partial charge in [-0.3, -0.25) is 10.1 Å². The summed E-state index contributed by atoms with van der Waals surface area (Å²) in [5.41, 5.74) is 1.28. The van der Waals surface area contributed by atoms with E-state index in [0.29, 0.717) is 0 Å². The molecular formula is C9H15NO2. The highest BCUT2D eigenvalue weighted by Gasteiger charge is 2.12. The predicted octanol–water partition coefficient (Wildman–Crippen LogP) is 2.54. The van der Waals surface area contributed by atoms with E-state index in [0.717, 1.165) is 12.8 Å². The van der Waals surface area contributed by atoms with Gasteiger partial charge in [-0.2, -0.15) is 0 Å². The van der Waals surface area contributed by atoms with Gasteiger partial charge in [0.2, 0.25) is 6.04 Å². The van der Waals surface area contributed by atoms with Crippen LogP contribution in [0.15, 0.2) is 11.6 Å². The molecule has 1 rings (SSSR count). The smallest absolute Gasteiger partial charge is 0.228 e. The second-order valence-electron chi connectivity index (χ2n) is 3.41. The third-order valence-corrected chi connectivity index (χ3v) is 2.31. The van der Waals surface area contributed by atoms with Gasteiger partial charge >= 0.3 is 0 Å². The molecule has 68 valence electrons. The Morgan fingerprint density at radius 3 is 2.50 bits per heavy atom. The van der Waals surface area contributed by atoms with E-state index in [4.69, 9.17) is 0 Å². The number of allylic oxidation sites excluding steroid dienone is 1. The van der Waals surface area contributed by atoms with Crippen LogP contribution >= 0.6 is 0 Å². The molecule has 0 saturated heterocycles. The van der Waals surface area contributed by atoms with Crippen LogP contribution in [0, 0.1) is 10.1 Å². The monoisotopic (exact) mass is 169 g/mol. The lowest BCUT2D eigenvalue weighted by Crippen LogP contribution is -2.12. The summed E-state index contributed by atoms with van der Waals surface area (Å²) in [7, 11) is 0. The molecule has 12 heavy (non-hydrogen) atoms. The quantitative estimate of drug-likeness (QED) is 0.362. The molecule has 0 spiro atoms. The zero-order valence-electron chi connectivity index (χ0n) is 7.45. The van der Waals surface area contributed by atoms with Crippen molar-refractivity contribution in [2.24, 2.45) is 0 Å². The lowest BCUT2D eigenvalue weighted by Gasteiger charge is -2.13. The van der Waals surface area contributed by atoms with E-state index >= 15 is 0 Å². The van der Waals surface area contributed by atoms with Gasteiger partial charge in [0.25, 0.3) is 0 Å². The molecule has 1 aliphatic carbocycles. The standard InChI is InChI=1S/C9H15NO2/c1-8(10(11)12)7-9-5-3-2-4-6-9/h7-8H,2-6H2,1H3. The van der Waals surface area contributed by atoms with Gasteiger partial charge in [-0.25, -0.2) is 0 Å². The Morgan fingerprint density at radius 2 is 2.00 bits per heavy atom. The van der Waals surface area contributed by atoms with Gasteiger partial charge in [0.15, 0.2) is 0 Å². The third-order valence-electron chi connectivity index (χ3n) is 2.31. The lowest BCUT2D eigenvalue weighted by atomic mass is 9.94. The first-order valence-corrected chi connectivity index (χ1v) is 4.53. The van der Waals surface area contributed by atoms with Crippen molar-refractivity contribution in [3.05, 3.63) is 21.8 Å². The van der Waals surface area contributed by atoms with Gasteiger partial charge in [-0.15, -0.1) is 0 Å². The van der Waals surface area contributed by atoms with Crippen molar-refractivity contribution in [3.63, 3.8) is 0 Å². The molecule has 0 aromatic carbocycles. The molecule has 0 aromatic heterocycles. The molecule has 1 saturated carbocycles. The molecule has 0 N–H and O–H groups in total. The van der Waals surface area contributed by atoms with Crippen LogP contribution in [0.1, 0.15) is 39.0 Å². The second kappa shape index (κ2) is 4.24. The summed E-state index contributed by atoms with van der Waals surface area (Å²) >= 11 is 0. The Bertz CT molecular complexity index is 191. The van der Waals surface area contributed by atoms with Crippen molar-refractivity contribution < 1.29 is 4.92 Å². The Morgan fingerprint density at radius 1 is 1.42 bits per heavy atom. The molecule has 0 bridgehead atoms. The number of nitrogens with zero attached hydrogens (tertiary/aromatic N) is 1. The molecule has 0 aliphatic heterocycles. The zero-order valence-corrected chi connectivity index (χ0v) is 7.45. The summed E-state index contributed by atoms with van der Waals surface area (Å²) in [5.74, 6) is 0. The second-order valence-corrected chi connectivity index (χ2v) is 3.41. The topological polar surface area (TPSA) is 43.1 Å². The Kier molecular flexibility index (Phi) is 3.26. The van der Waals surface area contributed by atoms with Crippen LogP contribution in [0.4, 0.5) is 0 Å². The molecule has 1 aliphatic rings. The van der Waals surface area contributed by atoms with Gasteiger partial charge in [0, 0.05) is 11.8 Å². The Labute approximate surface area is 72.6 Å². The average Bonchev–Trinajstić information content (AvgIpc) is 2.06. The van der Waals surface area contributed by atoms with Crippen molar-refractivity contribution in [2.45, 2.75) is 45.1 Å². The van der Waals surface area contributed by atoms with Gasteiger partial charge in [0.1, 0.15) is 0 Å². The maximum Gasteiger partial charge on any atom is 0.228 e. The number of hydrogen-bond acceptors (Lipinski definition) is 2. The van der Waals surface area contributed by atoms with Crippen LogP contribution < -0.4 is 0 Å². The fourth-order valence-electron chi connectivity index (χ4n) is 1.57. The van der Waals surface area contributed by atoms with Crippen LogP contribution in [0.25, 0.3) is 0 Å². The average molecular weight is 169 g/mol. The molecule has 1 fully saturated rings. The summed E-state index contributed by atoms with van der Waals surface area (Å²) in [6.45, 7) is 1.64. The van der Waals surface area contributed by atoms with E-state index in [1.807, 2.05) is 6.08 Å². The Balaban J connectivity index is 2.48. The summed E-state index contributed by atoms with van der Waals surface area (Å²) in [6, 6.07) is -0.502. The van der Waals surface area contributed by atoms with Crippen molar-refractivity contribution in [1.82, 2.24) is 0 Å². The van der Waals surface area contributed by atoms with E-state index in [2.05, 4.69) is 0 Å². The van der Waals surface area contributed by atoms with Crippen molar-refractivity contribution >= 4 is 0 Å². The molecular weight excluding hydrogens is 154 g/mol. The number of rotatable bonds is 2.